The first kappa shape index (κ1) is 8.45. The van der Waals surface area contributed by atoms with E-state index in [1.54, 1.807) is 6.92 Å². The molecule has 5 heteroatoms. The SMILES string of the molecule is C[C@@H]1CC(=NO)[C@@H](O)[C@H](O)O1. The van der Waals surface area contributed by atoms with Crippen LogP contribution in [0.25, 0.3) is 0 Å². The van der Waals surface area contributed by atoms with Crippen molar-refractivity contribution >= 4 is 5.71 Å². The number of oxime groups is 1. The number of aliphatic hydroxyl groups excluding tert-OH is 2. The van der Waals surface area contributed by atoms with Gasteiger partial charge < -0.3 is 20.2 Å². The molecule has 3 atom stereocenters. The fraction of sp³-hybridized carbons (Fsp3) is 0.833. The summed E-state index contributed by atoms with van der Waals surface area (Å²) < 4.78 is 4.84. The number of rotatable bonds is 0. The zero-order valence-corrected chi connectivity index (χ0v) is 6.14. The average molecular weight is 161 g/mol. The van der Waals surface area contributed by atoms with Gasteiger partial charge in [0.05, 0.1) is 11.8 Å². The van der Waals surface area contributed by atoms with Crippen LogP contribution >= 0.6 is 0 Å². The van der Waals surface area contributed by atoms with Crippen LogP contribution in [0.5, 0.6) is 0 Å². The van der Waals surface area contributed by atoms with Gasteiger partial charge in [-0.3, -0.25) is 0 Å². The predicted octanol–water partition coefficient (Wildman–Crippen LogP) is -0.695. The Balaban J connectivity index is 2.67. The molecule has 0 unspecified atom stereocenters. The lowest BCUT2D eigenvalue weighted by atomic mass is 10.0. The average Bonchev–Trinajstić information content (AvgIpc) is 1.96. The Labute approximate surface area is 63.9 Å². The molecule has 1 fully saturated rings. The van der Waals surface area contributed by atoms with E-state index in [9.17, 15) is 0 Å². The van der Waals surface area contributed by atoms with Crippen LogP contribution < -0.4 is 0 Å². The Morgan fingerprint density at radius 3 is 2.73 bits per heavy atom. The van der Waals surface area contributed by atoms with Gasteiger partial charge in [0.1, 0.15) is 6.10 Å². The summed E-state index contributed by atoms with van der Waals surface area (Å²) >= 11 is 0. The number of hydrogen-bond acceptors (Lipinski definition) is 5. The molecule has 1 aliphatic heterocycles. The van der Waals surface area contributed by atoms with E-state index in [4.69, 9.17) is 20.2 Å². The van der Waals surface area contributed by atoms with Crippen molar-refractivity contribution in [1.82, 2.24) is 0 Å². The third kappa shape index (κ3) is 1.68. The zero-order chi connectivity index (χ0) is 8.43. The van der Waals surface area contributed by atoms with Gasteiger partial charge in [0, 0.05) is 6.42 Å². The van der Waals surface area contributed by atoms with E-state index in [1.165, 1.54) is 0 Å². The van der Waals surface area contributed by atoms with Gasteiger partial charge in [-0.15, -0.1) is 0 Å². The lowest BCUT2D eigenvalue weighted by molar-refractivity contribution is -0.177. The molecule has 0 bridgehead atoms. The summed E-state index contributed by atoms with van der Waals surface area (Å²) in [6.07, 6.45) is -2.35. The maximum Gasteiger partial charge on any atom is 0.186 e. The van der Waals surface area contributed by atoms with Gasteiger partial charge >= 0.3 is 0 Å². The Bertz CT molecular complexity index is 170. The summed E-state index contributed by atoms with van der Waals surface area (Å²) in [7, 11) is 0. The fourth-order valence-corrected chi connectivity index (χ4v) is 1.04. The van der Waals surface area contributed by atoms with Gasteiger partial charge in [-0.25, -0.2) is 0 Å². The van der Waals surface area contributed by atoms with E-state index in [2.05, 4.69) is 5.16 Å². The molecule has 3 N–H and O–H groups in total. The molecule has 0 aromatic carbocycles. The molecule has 1 heterocycles. The van der Waals surface area contributed by atoms with Gasteiger partial charge in [0.25, 0.3) is 0 Å². The van der Waals surface area contributed by atoms with E-state index < -0.39 is 12.4 Å². The second-order valence-corrected chi connectivity index (χ2v) is 2.58. The Hall–Kier alpha value is -0.650. The molecular weight excluding hydrogens is 150 g/mol. The molecule has 0 spiro atoms. The highest BCUT2D eigenvalue weighted by Gasteiger charge is 2.31. The minimum absolute atomic E-state index is 0.163. The smallest absolute Gasteiger partial charge is 0.186 e. The molecule has 0 saturated carbocycles. The third-order valence-electron chi connectivity index (χ3n) is 1.61. The van der Waals surface area contributed by atoms with Crippen LogP contribution in [-0.2, 0) is 4.74 Å². The van der Waals surface area contributed by atoms with Crippen molar-refractivity contribution in [3.63, 3.8) is 0 Å². The van der Waals surface area contributed by atoms with Crippen molar-refractivity contribution in [1.29, 1.82) is 0 Å². The van der Waals surface area contributed by atoms with Crippen LogP contribution in [0.1, 0.15) is 13.3 Å². The predicted molar refractivity (Wildman–Crippen MR) is 36.4 cm³/mol. The van der Waals surface area contributed by atoms with E-state index in [1.807, 2.05) is 0 Å². The van der Waals surface area contributed by atoms with Gasteiger partial charge in [-0.1, -0.05) is 5.16 Å². The summed E-state index contributed by atoms with van der Waals surface area (Å²) in [4.78, 5) is 0. The molecule has 0 aromatic heterocycles. The molecule has 0 amide bonds. The maximum atomic E-state index is 9.09. The van der Waals surface area contributed by atoms with Crippen molar-refractivity contribution in [2.75, 3.05) is 0 Å². The second-order valence-electron chi connectivity index (χ2n) is 2.58. The third-order valence-corrected chi connectivity index (χ3v) is 1.61. The summed E-state index contributed by atoms with van der Waals surface area (Å²) in [6, 6.07) is 0. The van der Waals surface area contributed by atoms with Crippen LogP contribution in [0.3, 0.4) is 0 Å². The minimum atomic E-state index is -1.27. The zero-order valence-electron chi connectivity index (χ0n) is 6.14. The van der Waals surface area contributed by atoms with Crippen molar-refractivity contribution < 1.29 is 20.2 Å². The van der Waals surface area contributed by atoms with Crippen LogP contribution in [0, 0.1) is 0 Å². The van der Waals surface area contributed by atoms with E-state index in [-0.39, 0.29) is 11.8 Å². The fourth-order valence-electron chi connectivity index (χ4n) is 1.04. The van der Waals surface area contributed by atoms with Crippen molar-refractivity contribution in [2.24, 2.45) is 5.16 Å². The molecule has 5 nitrogen and oxygen atoms in total. The first-order chi connectivity index (χ1) is 5.15. The van der Waals surface area contributed by atoms with Gasteiger partial charge in [0.2, 0.25) is 0 Å². The lowest BCUT2D eigenvalue weighted by Crippen LogP contribution is -2.44. The van der Waals surface area contributed by atoms with Gasteiger partial charge in [-0.2, -0.15) is 0 Å². The minimum Gasteiger partial charge on any atom is -0.411 e. The molecule has 64 valence electrons. The standard InChI is InChI=1S/C6H11NO4/c1-3-2-4(7-10)5(8)6(9)11-3/h3,5-6,8-10H,2H2,1H3/t3-,5-,6-/m1/s1. The molecule has 0 aliphatic carbocycles. The number of aliphatic hydroxyl groups is 2. The summed E-state index contributed by atoms with van der Waals surface area (Å²) in [5.41, 5.74) is 0.163. The largest absolute Gasteiger partial charge is 0.411 e. The monoisotopic (exact) mass is 161 g/mol. The van der Waals surface area contributed by atoms with Crippen LogP contribution in [-0.4, -0.2) is 39.6 Å². The molecule has 0 radical (unpaired) electrons. The summed E-state index contributed by atoms with van der Waals surface area (Å²) in [6.45, 7) is 1.72. The molecular formula is C6H11NO4. The Morgan fingerprint density at radius 1 is 1.55 bits per heavy atom. The van der Waals surface area contributed by atoms with Crippen molar-refractivity contribution in [3.05, 3.63) is 0 Å². The van der Waals surface area contributed by atoms with Gasteiger partial charge in [0.15, 0.2) is 6.29 Å². The van der Waals surface area contributed by atoms with E-state index in [0.717, 1.165) is 0 Å². The Kier molecular flexibility index (Phi) is 2.43. The normalized spacial score (nSPS) is 42.8. The highest BCUT2D eigenvalue weighted by atomic mass is 16.6. The molecule has 0 aromatic rings. The first-order valence-corrected chi connectivity index (χ1v) is 3.37. The first-order valence-electron chi connectivity index (χ1n) is 3.37. The number of ether oxygens (including phenoxy) is 1. The molecule has 11 heavy (non-hydrogen) atoms. The highest BCUT2D eigenvalue weighted by molar-refractivity contribution is 5.89. The molecule has 1 saturated heterocycles. The van der Waals surface area contributed by atoms with Crippen LogP contribution in [0.2, 0.25) is 0 Å². The Morgan fingerprint density at radius 2 is 2.18 bits per heavy atom. The number of nitrogens with zero attached hydrogens (tertiary/aromatic N) is 1. The van der Waals surface area contributed by atoms with Gasteiger partial charge in [-0.05, 0) is 6.92 Å². The number of hydrogen-bond donors (Lipinski definition) is 3. The molecule has 1 aliphatic rings. The second kappa shape index (κ2) is 3.17. The van der Waals surface area contributed by atoms with Crippen LogP contribution in [0.4, 0.5) is 0 Å². The van der Waals surface area contributed by atoms with Crippen molar-refractivity contribution in [2.45, 2.75) is 31.8 Å². The summed E-state index contributed by atoms with van der Waals surface area (Å²) in [5.74, 6) is 0. The topological polar surface area (TPSA) is 82.3 Å². The van der Waals surface area contributed by atoms with E-state index >= 15 is 0 Å². The van der Waals surface area contributed by atoms with Crippen LogP contribution in [0.15, 0.2) is 5.16 Å². The van der Waals surface area contributed by atoms with E-state index in [0.29, 0.717) is 6.42 Å². The lowest BCUT2D eigenvalue weighted by Gasteiger charge is -2.28. The molecule has 1 rings (SSSR count). The highest BCUT2D eigenvalue weighted by Crippen LogP contribution is 2.15. The van der Waals surface area contributed by atoms with Crippen molar-refractivity contribution in [3.8, 4) is 0 Å². The maximum absolute atomic E-state index is 9.09. The summed E-state index contributed by atoms with van der Waals surface area (Å²) in [5, 5.41) is 29.3. The quantitative estimate of drug-likeness (QED) is 0.324.